The monoisotopic (exact) mass is 304 g/mol. The maximum absolute atomic E-state index is 11.9. The van der Waals surface area contributed by atoms with E-state index < -0.39 is 6.04 Å². The van der Waals surface area contributed by atoms with E-state index in [9.17, 15) is 4.79 Å². The lowest BCUT2D eigenvalue weighted by Gasteiger charge is -2.18. The van der Waals surface area contributed by atoms with Crippen LogP contribution >= 0.6 is 23.2 Å². The molecule has 4 nitrogen and oxygen atoms in total. The lowest BCUT2D eigenvalue weighted by atomic mass is 10.1. The molecule has 0 aliphatic carbocycles. The van der Waals surface area contributed by atoms with E-state index in [0.717, 1.165) is 5.56 Å². The molecule has 0 spiro atoms. The number of halogens is 2. The zero-order chi connectivity index (χ0) is 14.4. The lowest BCUT2D eigenvalue weighted by molar-refractivity contribution is -0.123. The maximum Gasteiger partial charge on any atom is 0.237 e. The van der Waals surface area contributed by atoms with E-state index in [0.29, 0.717) is 23.1 Å². The van der Waals surface area contributed by atoms with Gasteiger partial charge in [-0.2, -0.15) is 0 Å². The van der Waals surface area contributed by atoms with Crippen LogP contribution in [0.5, 0.6) is 0 Å². The number of rotatable bonds is 6. The minimum Gasteiger partial charge on any atom is -0.385 e. The molecule has 0 saturated carbocycles. The number of hydrogen-bond donors (Lipinski definition) is 2. The average Bonchev–Trinajstić information content (AvgIpc) is 2.35. The Morgan fingerprint density at radius 2 is 2.16 bits per heavy atom. The Hall–Kier alpha value is -0.810. The van der Waals surface area contributed by atoms with Crippen LogP contribution in [0.15, 0.2) is 18.2 Å². The minimum absolute atomic E-state index is 0.226. The van der Waals surface area contributed by atoms with Crippen LogP contribution in [0, 0.1) is 0 Å². The number of amides is 1. The Morgan fingerprint density at radius 3 is 2.74 bits per heavy atom. The van der Waals surface area contributed by atoms with Gasteiger partial charge in [-0.15, -0.1) is 0 Å². The quantitative estimate of drug-likeness (QED) is 0.849. The average molecular weight is 305 g/mol. The maximum atomic E-state index is 11.9. The van der Waals surface area contributed by atoms with Crippen molar-refractivity contribution in [3.63, 3.8) is 0 Å². The molecule has 0 aliphatic rings. The molecule has 106 valence electrons. The molecule has 0 radical (unpaired) electrons. The topological polar surface area (TPSA) is 64.3 Å². The van der Waals surface area contributed by atoms with E-state index in [1.165, 1.54) is 0 Å². The summed E-state index contributed by atoms with van der Waals surface area (Å²) in [5, 5.41) is 3.90. The summed E-state index contributed by atoms with van der Waals surface area (Å²) in [6.45, 7) is 2.29. The molecule has 19 heavy (non-hydrogen) atoms. The SMILES string of the molecule is COCCC(N)C(=O)NC(C)c1ccc(Cl)cc1Cl. The van der Waals surface area contributed by atoms with Gasteiger partial charge in [0.2, 0.25) is 5.91 Å². The van der Waals surface area contributed by atoms with Gasteiger partial charge in [0.05, 0.1) is 12.1 Å². The Morgan fingerprint density at radius 1 is 1.47 bits per heavy atom. The predicted molar refractivity (Wildman–Crippen MR) is 77.5 cm³/mol. The molecule has 1 aromatic carbocycles. The molecule has 0 fully saturated rings. The van der Waals surface area contributed by atoms with Gasteiger partial charge in [-0.25, -0.2) is 0 Å². The van der Waals surface area contributed by atoms with Gasteiger partial charge < -0.3 is 15.8 Å². The standard InChI is InChI=1S/C13H18Cl2N2O2/c1-8(10-4-3-9(14)7-11(10)15)17-13(18)12(16)5-6-19-2/h3-4,7-8,12H,5-6,16H2,1-2H3,(H,17,18). The van der Waals surface area contributed by atoms with Crippen molar-refractivity contribution >= 4 is 29.1 Å². The Balaban J connectivity index is 2.63. The van der Waals surface area contributed by atoms with Gasteiger partial charge in [-0.1, -0.05) is 29.3 Å². The summed E-state index contributed by atoms with van der Waals surface area (Å²) in [7, 11) is 1.57. The lowest BCUT2D eigenvalue weighted by Crippen LogP contribution is -2.42. The van der Waals surface area contributed by atoms with Crippen molar-refractivity contribution in [2.24, 2.45) is 5.73 Å². The summed E-state index contributed by atoms with van der Waals surface area (Å²) in [6.07, 6.45) is 0.476. The van der Waals surface area contributed by atoms with Crippen LogP contribution in [0.3, 0.4) is 0 Å². The molecule has 0 bridgehead atoms. The van der Waals surface area contributed by atoms with Crippen molar-refractivity contribution in [3.8, 4) is 0 Å². The molecule has 3 N–H and O–H groups in total. The molecule has 0 aliphatic heterocycles. The third-order valence-corrected chi connectivity index (χ3v) is 3.32. The van der Waals surface area contributed by atoms with Crippen LogP contribution in [0.2, 0.25) is 10.0 Å². The second-order valence-electron chi connectivity index (χ2n) is 4.28. The highest BCUT2D eigenvalue weighted by Gasteiger charge is 2.17. The van der Waals surface area contributed by atoms with Gasteiger partial charge >= 0.3 is 0 Å². The van der Waals surface area contributed by atoms with E-state index in [4.69, 9.17) is 33.7 Å². The smallest absolute Gasteiger partial charge is 0.237 e. The molecule has 6 heteroatoms. The molecule has 0 aromatic heterocycles. The Bertz CT molecular complexity index is 441. The van der Waals surface area contributed by atoms with E-state index >= 15 is 0 Å². The summed E-state index contributed by atoms with van der Waals surface area (Å²) in [5.41, 5.74) is 6.55. The number of methoxy groups -OCH3 is 1. The number of nitrogens with two attached hydrogens (primary N) is 1. The van der Waals surface area contributed by atoms with E-state index in [1.54, 1.807) is 25.3 Å². The summed E-state index contributed by atoms with van der Waals surface area (Å²) < 4.78 is 4.89. The number of carbonyl (C=O) groups is 1. The molecule has 0 saturated heterocycles. The van der Waals surface area contributed by atoms with E-state index in [-0.39, 0.29) is 11.9 Å². The van der Waals surface area contributed by atoms with Gasteiger partial charge in [-0.3, -0.25) is 4.79 Å². The van der Waals surface area contributed by atoms with E-state index in [1.807, 2.05) is 6.92 Å². The molecule has 1 amide bonds. The molecule has 0 heterocycles. The molecule has 2 unspecified atom stereocenters. The fourth-order valence-corrected chi connectivity index (χ4v) is 2.20. The second-order valence-corrected chi connectivity index (χ2v) is 5.13. The first-order valence-electron chi connectivity index (χ1n) is 5.95. The molecular weight excluding hydrogens is 287 g/mol. The molecule has 1 aromatic rings. The molecular formula is C13H18Cl2N2O2. The van der Waals surface area contributed by atoms with Crippen LogP contribution in [0.25, 0.3) is 0 Å². The highest BCUT2D eigenvalue weighted by atomic mass is 35.5. The van der Waals surface area contributed by atoms with Crippen molar-refractivity contribution in [2.45, 2.75) is 25.4 Å². The fourth-order valence-electron chi connectivity index (χ4n) is 1.63. The summed E-state index contributed by atoms with van der Waals surface area (Å²) in [5.74, 6) is -0.226. The van der Waals surface area contributed by atoms with Crippen molar-refractivity contribution in [1.82, 2.24) is 5.32 Å². The first-order valence-corrected chi connectivity index (χ1v) is 6.71. The number of benzene rings is 1. The minimum atomic E-state index is -0.589. The summed E-state index contributed by atoms with van der Waals surface area (Å²) >= 11 is 11.9. The van der Waals surface area contributed by atoms with Crippen LogP contribution in [0.4, 0.5) is 0 Å². The number of carbonyl (C=O) groups excluding carboxylic acids is 1. The highest BCUT2D eigenvalue weighted by molar-refractivity contribution is 6.35. The van der Waals surface area contributed by atoms with Crippen LogP contribution in [0.1, 0.15) is 24.9 Å². The number of nitrogens with one attached hydrogen (secondary N) is 1. The van der Waals surface area contributed by atoms with Crippen LogP contribution in [-0.2, 0) is 9.53 Å². The van der Waals surface area contributed by atoms with Gasteiger partial charge in [0.1, 0.15) is 0 Å². The number of ether oxygens (including phenoxy) is 1. The third-order valence-electron chi connectivity index (χ3n) is 2.76. The highest BCUT2D eigenvalue weighted by Crippen LogP contribution is 2.26. The van der Waals surface area contributed by atoms with Crippen LogP contribution < -0.4 is 11.1 Å². The Kier molecular flexibility index (Phi) is 6.58. The third kappa shape index (κ3) is 4.99. The second kappa shape index (κ2) is 7.70. The van der Waals surface area contributed by atoms with Gasteiger partial charge in [-0.05, 0) is 31.0 Å². The van der Waals surface area contributed by atoms with Crippen molar-refractivity contribution in [3.05, 3.63) is 33.8 Å². The van der Waals surface area contributed by atoms with Crippen LogP contribution in [-0.4, -0.2) is 25.7 Å². The molecule has 1 rings (SSSR count). The van der Waals surface area contributed by atoms with E-state index in [2.05, 4.69) is 5.32 Å². The van der Waals surface area contributed by atoms with Gasteiger partial charge in [0, 0.05) is 23.8 Å². The largest absolute Gasteiger partial charge is 0.385 e. The predicted octanol–water partition coefficient (Wildman–Crippen LogP) is 2.53. The van der Waals surface area contributed by atoms with Crippen molar-refractivity contribution < 1.29 is 9.53 Å². The molecule has 2 atom stereocenters. The zero-order valence-corrected chi connectivity index (χ0v) is 12.5. The fraction of sp³-hybridized carbons (Fsp3) is 0.462. The first-order chi connectivity index (χ1) is 8.95. The Labute approximate surface area is 123 Å². The normalized spacial score (nSPS) is 13.9. The zero-order valence-electron chi connectivity index (χ0n) is 11.0. The number of hydrogen-bond acceptors (Lipinski definition) is 3. The van der Waals surface area contributed by atoms with Crippen molar-refractivity contribution in [1.29, 1.82) is 0 Å². The van der Waals surface area contributed by atoms with Crippen molar-refractivity contribution in [2.75, 3.05) is 13.7 Å². The first kappa shape index (κ1) is 16.2. The summed E-state index contributed by atoms with van der Waals surface area (Å²) in [4.78, 5) is 11.9. The summed E-state index contributed by atoms with van der Waals surface area (Å²) in [6, 6.07) is 4.35. The van der Waals surface area contributed by atoms with Gasteiger partial charge in [0.15, 0.2) is 0 Å². The van der Waals surface area contributed by atoms with Gasteiger partial charge in [0.25, 0.3) is 0 Å².